The fourth-order valence-electron chi connectivity index (χ4n) is 4.18. The van der Waals surface area contributed by atoms with E-state index in [0.29, 0.717) is 49.7 Å². The van der Waals surface area contributed by atoms with Crippen molar-refractivity contribution in [2.75, 3.05) is 31.6 Å². The molecule has 0 aliphatic carbocycles. The van der Waals surface area contributed by atoms with Crippen LogP contribution in [0.2, 0.25) is 0 Å². The average molecular weight is 456 g/mol. The molecule has 0 spiro atoms. The second-order valence-corrected chi connectivity index (χ2v) is 8.01. The molecule has 0 unspecified atom stereocenters. The fourth-order valence-corrected chi connectivity index (χ4v) is 4.18. The molecule has 1 aromatic carbocycles. The maximum atomic E-state index is 12.6. The minimum Gasteiger partial charge on any atom is -0.378 e. The topological polar surface area (TPSA) is 127 Å². The minimum absolute atomic E-state index is 0.0492. The maximum Gasteiger partial charge on any atom is 0.291 e. The van der Waals surface area contributed by atoms with E-state index in [4.69, 9.17) is 4.74 Å². The minimum atomic E-state index is -0.203. The number of nitrogens with one attached hydrogen (secondary N) is 2. The molecule has 6 rings (SSSR count). The van der Waals surface area contributed by atoms with Gasteiger partial charge in [0, 0.05) is 30.8 Å². The van der Waals surface area contributed by atoms with Gasteiger partial charge in [-0.15, -0.1) is 0 Å². The molecule has 5 heterocycles. The van der Waals surface area contributed by atoms with E-state index in [1.807, 2.05) is 30.3 Å². The van der Waals surface area contributed by atoms with Crippen molar-refractivity contribution in [3.63, 3.8) is 0 Å². The van der Waals surface area contributed by atoms with Crippen molar-refractivity contribution in [3.8, 4) is 11.3 Å². The summed E-state index contributed by atoms with van der Waals surface area (Å²) in [6.07, 6.45) is 4.64. The normalized spacial score (nSPS) is 15.3. The average Bonchev–Trinajstić information content (AvgIpc) is 3.52. The summed E-state index contributed by atoms with van der Waals surface area (Å²) in [5, 5.41) is 10.5. The third kappa shape index (κ3) is 3.52. The number of morpholine rings is 1. The van der Waals surface area contributed by atoms with Crippen molar-refractivity contribution < 1.29 is 14.3 Å². The van der Waals surface area contributed by atoms with Crippen LogP contribution < -0.4 is 10.6 Å². The lowest BCUT2D eigenvalue weighted by molar-refractivity contribution is 0.0295. The van der Waals surface area contributed by atoms with Gasteiger partial charge < -0.3 is 20.3 Å². The van der Waals surface area contributed by atoms with E-state index in [0.717, 1.165) is 22.5 Å². The summed E-state index contributed by atoms with van der Waals surface area (Å²) in [5.74, 6) is -0.0998. The number of pyridine rings is 1. The summed E-state index contributed by atoms with van der Waals surface area (Å²) in [5.41, 5.74) is 5.41. The van der Waals surface area contributed by atoms with E-state index >= 15 is 0 Å². The molecule has 4 aromatic rings. The second-order valence-electron chi connectivity index (χ2n) is 8.01. The van der Waals surface area contributed by atoms with E-state index in [1.165, 1.54) is 6.33 Å². The molecule has 0 bridgehead atoms. The molecule has 2 N–H and O–H groups in total. The molecule has 0 atom stereocenters. The Morgan fingerprint density at radius 3 is 2.71 bits per heavy atom. The van der Waals surface area contributed by atoms with E-state index in [-0.39, 0.29) is 17.6 Å². The van der Waals surface area contributed by atoms with E-state index in [9.17, 15) is 9.59 Å². The van der Waals surface area contributed by atoms with Crippen LogP contribution in [0.1, 0.15) is 26.5 Å². The molecule has 11 nitrogen and oxygen atoms in total. The third-order valence-corrected chi connectivity index (χ3v) is 5.93. The first-order chi connectivity index (χ1) is 16.7. The first-order valence-corrected chi connectivity index (χ1v) is 10.9. The number of benzene rings is 1. The van der Waals surface area contributed by atoms with Crippen LogP contribution in [0, 0.1) is 0 Å². The van der Waals surface area contributed by atoms with Gasteiger partial charge in [0.2, 0.25) is 5.82 Å². The lowest BCUT2D eigenvalue weighted by Crippen LogP contribution is -2.41. The summed E-state index contributed by atoms with van der Waals surface area (Å²) in [4.78, 5) is 39.0. The Kier molecular flexibility index (Phi) is 4.88. The number of rotatable bonds is 4. The highest BCUT2D eigenvalue weighted by molar-refractivity contribution is 5.99. The van der Waals surface area contributed by atoms with Gasteiger partial charge in [-0.3, -0.25) is 9.59 Å². The summed E-state index contributed by atoms with van der Waals surface area (Å²) < 4.78 is 7.03. The number of aromatic nitrogens is 5. The van der Waals surface area contributed by atoms with E-state index < -0.39 is 0 Å². The van der Waals surface area contributed by atoms with E-state index in [1.54, 1.807) is 21.8 Å². The van der Waals surface area contributed by atoms with Crippen LogP contribution in [0.15, 0.2) is 49.1 Å². The highest BCUT2D eigenvalue weighted by Gasteiger charge is 2.22. The van der Waals surface area contributed by atoms with Gasteiger partial charge in [-0.1, -0.05) is 6.07 Å². The number of fused-ring (bicyclic) bond motifs is 2. The Hall–Kier alpha value is -4.38. The highest BCUT2D eigenvalue weighted by atomic mass is 16.5. The van der Waals surface area contributed by atoms with Crippen molar-refractivity contribution in [1.82, 2.24) is 34.8 Å². The first-order valence-electron chi connectivity index (χ1n) is 10.9. The van der Waals surface area contributed by atoms with Gasteiger partial charge in [0.15, 0.2) is 5.65 Å². The molecular weight excluding hydrogens is 436 g/mol. The molecule has 2 amide bonds. The van der Waals surface area contributed by atoms with E-state index in [2.05, 4.69) is 30.7 Å². The van der Waals surface area contributed by atoms with Crippen LogP contribution in [0.3, 0.4) is 0 Å². The Morgan fingerprint density at radius 2 is 1.88 bits per heavy atom. The van der Waals surface area contributed by atoms with Crippen LogP contribution >= 0.6 is 0 Å². The Balaban J connectivity index is 1.26. The van der Waals surface area contributed by atoms with Gasteiger partial charge in [0.1, 0.15) is 6.33 Å². The molecule has 2 aliphatic rings. The molecule has 1 saturated heterocycles. The molecule has 1 fully saturated rings. The number of hydrogen-bond donors (Lipinski definition) is 2. The standard InChI is InChI=1S/C23H20N8O3/c32-22-17-2-1-14(9-15(17)10-26-22)19-4-3-18(21-27-13-28-31(19)21)29-16-11-24-20(25-12-16)23(33)30-5-7-34-8-6-30/h1-4,9,11-13,29H,5-8,10H2,(H,26,32). The number of nitrogens with zero attached hydrogens (tertiary/aromatic N) is 6. The van der Waals surface area contributed by atoms with Gasteiger partial charge in [0.25, 0.3) is 11.8 Å². The Labute approximate surface area is 193 Å². The summed E-state index contributed by atoms with van der Waals surface area (Å²) >= 11 is 0. The first kappa shape index (κ1) is 20.2. The van der Waals surface area contributed by atoms with Gasteiger partial charge in [-0.05, 0) is 29.8 Å². The molecule has 11 heteroatoms. The molecule has 0 saturated carbocycles. The van der Waals surface area contributed by atoms with Crippen LogP contribution in [0.4, 0.5) is 11.4 Å². The van der Waals surface area contributed by atoms with Gasteiger partial charge in [0.05, 0.1) is 42.7 Å². The summed E-state index contributed by atoms with van der Waals surface area (Å²) in [7, 11) is 0. The summed E-state index contributed by atoms with van der Waals surface area (Å²) in [6, 6.07) is 9.58. The van der Waals surface area contributed by atoms with Gasteiger partial charge in [-0.25, -0.2) is 19.5 Å². The SMILES string of the molecule is O=C1NCc2cc(-c3ccc(Nc4cnc(C(=O)N5CCOCC5)nc4)c4ncnn34)ccc21. The number of ether oxygens (including phenoxy) is 1. The number of amides is 2. The third-order valence-electron chi connectivity index (χ3n) is 5.93. The van der Waals surface area contributed by atoms with Crippen molar-refractivity contribution in [2.45, 2.75) is 6.54 Å². The predicted octanol–water partition coefficient (Wildman–Crippen LogP) is 1.65. The van der Waals surface area contributed by atoms with Crippen LogP contribution in [-0.2, 0) is 11.3 Å². The second kappa shape index (κ2) is 8.19. The summed E-state index contributed by atoms with van der Waals surface area (Å²) in [6.45, 7) is 2.64. The number of carbonyl (C=O) groups excluding carboxylic acids is 2. The predicted molar refractivity (Wildman–Crippen MR) is 122 cm³/mol. The largest absolute Gasteiger partial charge is 0.378 e. The quantitative estimate of drug-likeness (QED) is 0.475. The van der Waals surface area contributed by atoms with Gasteiger partial charge in [-0.2, -0.15) is 5.10 Å². The van der Waals surface area contributed by atoms with Crippen molar-refractivity contribution in [3.05, 3.63) is 66.0 Å². The highest BCUT2D eigenvalue weighted by Crippen LogP contribution is 2.29. The lowest BCUT2D eigenvalue weighted by Gasteiger charge is -2.25. The van der Waals surface area contributed by atoms with Crippen molar-refractivity contribution in [1.29, 1.82) is 0 Å². The zero-order valence-corrected chi connectivity index (χ0v) is 18.1. The molecule has 3 aromatic heterocycles. The number of anilines is 2. The smallest absolute Gasteiger partial charge is 0.291 e. The maximum absolute atomic E-state index is 12.6. The van der Waals surface area contributed by atoms with Crippen molar-refractivity contribution in [2.24, 2.45) is 0 Å². The van der Waals surface area contributed by atoms with Crippen LogP contribution in [0.25, 0.3) is 16.9 Å². The number of hydrogen-bond acceptors (Lipinski definition) is 8. The lowest BCUT2D eigenvalue weighted by atomic mass is 10.0. The van der Waals surface area contributed by atoms with Gasteiger partial charge >= 0.3 is 0 Å². The molecular formula is C23H20N8O3. The Bertz CT molecular complexity index is 1410. The van der Waals surface area contributed by atoms with Crippen LogP contribution in [0.5, 0.6) is 0 Å². The fraction of sp³-hybridized carbons (Fsp3) is 0.217. The van der Waals surface area contributed by atoms with Crippen LogP contribution in [-0.4, -0.2) is 67.6 Å². The van der Waals surface area contributed by atoms with Crippen molar-refractivity contribution >= 4 is 28.8 Å². The molecule has 34 heavy (non-hydrogen) atoms. The molecule has 0 radical (unpaired) electrons. The zero-order valence-electron chi connectivity index (χ0n) is 18.1. The monoisotopic (exact) mass is 456 g/mol. The zero-order chi connectivity index (χ0) is 23.1. The molecule has 170 valence electrons. The number of carbonyl (C=O) groups is 2. The molecule has 2 aliphatic heterocycles. The Morgan fingerprint density at radius 1 is 1.06 bits per heavy atom.